The Balaban J connectivity index is 2.77. The lowest BCUT2D eigenvalue weighted by Crippen LogP contribution is -2.22. The first kappa shape index (κ1) is 15.2. The quantitative estimate of drug-likeness (QED) is 0.606. The molecule has 0 bridgehead atoms. The number of anilines is 1. The van der Waals surface area contributed by atoms with Gasteiger partial charge in [0, 0.05) is 13.0 Å². The second-order valence-corrected chi connectivity index (χ2v) is 4.19. The van der Waals surface area contributed by atoms with Crippen LogP contribution in [0, 0.1) is 6.92 Å². The molecular weight excluding hydrogens is 244 g/mol. The van der Waals surface area contributed by atoms with Crippen LogP contribution in [-0.2, 0) is 9.53 Å². The summed E-state index contributed by atoms with van der Waals surface area (Å²) in [4.78, 5) is 23.4. The fourth-order valence-corrected chi connectivity index (χ4v) is 1.64. The molecular formula is C14H20N2O3. The van der Waals surface area contributed by atoms with Gasteiger partial charge in [0.25, 0.3) is 0 Å². The molecule has 0 aromatic heterocycles. The summed E-state index contributed by atoms with van der Waals surface area (Å²) in [5.74, 6) is -0.583. The number of amides is 1. The SMILES string of the molecule is CCNCCC(=O)Nc1ccc(C)cc1C(=O)OC. The Labute approximate surface area is 113 Å². The largest absolute Gasteiger partial charge is 0.465 e. The first-order valence-electron chi connectivity index (χ1n) is 6.28. The van der Waals surface area contributed by atoms with Gasteiger partial charge in [0.2, 0.25) is 5.91 Å². The van der Waals surface area contributed by atoms with E-state index in [2.05, 4.69) is 10.6 Å². The minimum atomic E-state index is -0.453. The molecule has 0 heterocycles. The van der Waals surface area contributed by atoms with Crippen LogP contribution in [0.4, 0.5) is 5.69 Å². The summed E-state index contributed by atoms with van der Waals surface area (Å²) < 4.78 is 4.71. The number of esters is 1. The second-order valence-electron chi connectivity index (χ2n) is 4.19. The van der Waals surface area contributed by atoms with E-state index in [4.69, 9.17) is 4.74 Å². The van der Waals surface area contributed by atoms with Crippen molar-refractivity contribution in [3.05, 3.63) is 29.3 Å². The normalized spacial score (nSPS) is 10.1. The van der Waals surface area contributed by atoms with Gasteiger partial charge in [0.05, 0.1) is 18.4 Å². The number of hydrogen-bond acceptors (Lipinski definition) is 4. The number of ether oxygens (including phenoxy) is 1. The zero-order chi connectivity index (χ0) is 14.3. The van der Waals surface area contributed by atoms with Gasteiger partial charge in [0.15, 0.2) is 0 Å². The Morgan fingerprint density at radius 3 is 2.68 bits per heavy atom. The molecule has 19 heavy (non-hydrogen) atoms. The zero-order valence-corrected chi connectivity index (χ0v) is 11.6. The molecule has 1 amide bonds. The number of nitrogens with one attached hydrogen (secondary N) is 2. The monoisotopic (exact) mass is 264 g/mol. The fraction of sp³-hybridized carbons (Fsp3) is 0.429. The Morgan fingerprint density at radius 2 is 2.05 bits per heavy atom. The van der Waals surface area contributed by atoms with Gasteiger partial charge < -0.3 is 15.4 Å². The summed E-state index contributed by atoms with van der Waals surface area (Å²) in [5.41, 5.74) is 1.80. The Morgan fingerprint density at radius 1 is 1.32 bits per heavy atom. The van der Waals surface area contributed by atoms with Crippen LogP contribution in [0.3, 0.4) is 0 Å². The van der Waals surface area contributed by atoms with Crippen molar-refractivity contribution in [2.75, 3.05) is 25.5 Å². The van der Waals surface area contributed by atoms with Crippen molar-refractivity contribution < 1.29 is 14.3 Å². The van der Waals surface area contributed by atoms with E-state index in [-0.39, 0.29) is 5.91 Å². The highest BCUT2D eigenvalue weighted by Gasteiger charge is 2.13. The highest BCUT2D eigenvalue weighted by Crippen LogP contribution is 2.18. The van der Waals surface area contributed by atoms with E-state index in [1.807, 2.05) is 19.9 Å². The number of carbonyl (C=O) groups excluding carboxylic acids is 2. The van der Waals surface area contributed by atoms with Crippen LogP contribution in [0.5, 0.6) is 0 Å². The van der Waals surface area contributed by atoms with Gasteiger partial charge in [0.1, 0.15) is 0 Å². The van der Waals surface area contributed by atoms with E-state index in [1.54, 1.807) is 12.1 Å². The molecule has 0 unspecified atom stereocenters. The summed E-state index contributed by atoms with van der Waals surface area (Å²) in [6.45, 7) is 5.30. The van der Waals surface area contributed by atoms with Crippen LogP contribution in [0.25, 0.3) is 0 Å². The topological polar surface area (TPSA) is 67.4 Å². The van der Waals surface area contributed by atoms with E-state index in [1.165, 1.54) is 7.11 Å². The molecule has 0 atom stereocenters. The lowest BCUT2D eigenvalue weighted by Gasteiger charge is -2.10. The van der Waals surface area contributed by atoms with Crippen molar-refractivity contribution in [3.63, 3.8) is 0 Å². The number of aryl methyl sites for hydroxylation is 1. The maximum absolute atomic E-state index is 11.7. The molecule has 0 radical (unpaired) electrons. The molecule has 0 aliphatic carbocycles. The number of hydrogen-bond donors (Lipinski definition) is 2. The van der Waals surface area contributed by atoms with E-state index in [0.717, 1.165) is 12.1 Å². The summed E-state index contributed by atoms with van der Waals surface area (Å²) in [5, 5.41) is 5.80. The molecule has 0 spiro atoms. The van der Waals surface area contributed by atoms with Gasteiger partial charge in [-0.25, -0.2) is 4.79 Å². The minimum Gasteiger partial charge on any atom is -0.465 e. The lowest BCUT2D eigenvalue weighted by molar-refractivity contribution is -0.116. The van der Waals surface area contributed by atoms with Crippen molar-refractivity contribution in [1.29, 1.82) is 0 Å². The van der Waals surface area contributed by atoms with Gasteiger partial charge >= 0.3 is 5.97 Å². The molecule has 1 aromatic carbocycles. The highest BCUT2D eigenvalue weighted by atomic mass is 16.5. The standard InChI is InChI=1S/C14H20N2O3/c1-4-15-8-7-13(17)16-12-6-5-10(2)9-11(12)14(18)19-3/h5-6,9,15H,4,7-8H2,1-3H3,(H,16,17). The number of carbonyl (C=O) groups is 2. The summed E-state index contributed by atoms with van der Waals surface area (Å²) in [6, 6.07) is 5.25. The molecule has 104 valence electrons. The Hall–Kier alpha value is -1.88. The van der Waals surface area contributed by atoms with E-state index in [9.17, 15) is 9.59 Å². The third-order valence-electron chi connectivity index (χ3n) is 2.63. The molecule has 5 heteroatoms. The van der Waals surface area contributed by atoms with Gasteiger partial charge in [-0.1, -0.05) is 18.6 Å². The molecule has 1 rings (SSSR count). The Bertz CT molecular complexity index is 458. The third kappa shape index (κ3) is 4.71. The average molecular weight is 264 g/mol. The molecule has 0 saturated heterocycles. The number of rotatable bonds is 6. The number of methoxy groups -OCH3 is 1. The van der Waals surface area contributed by atoms with Crippen molar-refractivity contribution in [2.45, 2.75) is 20.3 Å². The summed E-state index contributed by atoms with van der Waals surface area (Å²) in [6.07, 6.45) is 0.363. The van der Waals surface area contributed by atoms with Crippen molar-refractivity contribution >= 4 is 17.6 Å². The maximum atomic E-state index is 11.7. The first-order chi connectivity index (χ1) is 9.08. The molecule has 0 aliphatic heterocycles. The van der Waals surface area contributed by atoms with Gasteiger partial charge in [-0.05, 0) is 25.6 Å². The van der Waals surface area contributed by atoms with Crippen LogP contribution >= 0.6 is 0 Å². The van der Waals surface area contributed by atoms with Crippen molar-refractivity contribution in [2.24, 2.45) is 0 Å². The third-order valence-corrected chi connectivity index (χ3v) is 2.63. The molecule has 5 nitrogen and oxygen atoms in total. The second kappa shape index (κ2) is 7.53. The zero-order valence-electron chi connectivity index (χ0n) is 11.6. The minimum absolute atomic E-state index is 0.130. The predicted octanol–water partition coefficient (Wildman–Crippen LogP) is 1.72. The van der Waals surface area contributed by atoms with E-state index >= 15 is 0 Å². The summed E-state index contributed by atoms with van der Waals surface area (Å²) in [7, 11) is 1.32. The van der Waals surface area contributed by atoms with Gasteiger partial charge in [-0.3, -0.25) is 4.79 Å². The van der Waals surface area contributed by atoms with Crippen LogP contribution in [0.15, 0.2) is 18.2 Å². The first-order valence-corrected chi connectivity index (χ1v) is 6.28. The molecule has 0 saturated carbocycles. The predicted molar refractivity (Wildman–Crippen MR) is 74.3 cm³/mol. The Kier molecular flexibility index (Phi) is 6.02. The van der Waals surface area contributed by atoms with Crippen LogP contribution in [-0.4, -0.2) is 32.1 Å². The fourth-order valence-electron chi connectivity index (χ4n) is 1.64. The average Bonchev–Trinajstić information content (AvgIpc) is 2.40. The molecule has 0 fully saturated rings. The van der Waals surface area contributed by atoms with Crippen molar-refractivity contribution in [3.8, 4) is 0 Å². The number of benzene rings is 1. The van der Waals surface area contributed by atoms with E-state index in [0.29, 0.717) is 24.2 Å². The molecule has 0 aliphatic rings. The summed E-state index contributed by atoms with van der Waals surface area (Å²) >= 11 is 0. The van der Waals surface area contributed by atoms with Crippen LogP contribution < -0.4 is 10.6 Å². The van der Waals surface area contributed by atoms with E-state index < -0.39 is 5.97 Å². The van der Waals surface area contributed by atoms with Gasteiger partial charge in [-0.15, -0.1) is 0 Å². The van der Waals surface area contributed by atoms with Crippen molar-refractivity contribution in [1.82, 2.24) is 5.32 Å². The van der Waals surface area contributed by atoms with Crippen LogP contribution in [0.1, 0.15) is 29.3 Å². The smallest absolute Gasteiger partial charge is 0.339 e. The molecule has 2 N–H and O–H groups in total. The molecule has 1 aromatic rings. The maximum Gasteiger partial charge on any atom is 0.339 e. The highest BCUT2D eigenvalue weighted by molar-refractivity contribution is 6.01. The van der Waals surface area contributed by atoms with Gasteiger partial charge in [-0.2, -0.15) is 0 Å². The lowest BCUT2D eigenvalue weighted by atomic mass is 10.1. The van der Waals surface area contributed by atoms with Crippen LogP contribution in [0.2, 0.25) is 0 Å².